The third kappa shape index (κ3) is 3.94. The van der Waals surface area contributed by atoms with Crippen molar-refractivity contribution in [3.05, 3.63) is 94.4 Å². The van der Waals surface area contributed by atoms with Crippen LogP contribution < -0.4 is 24.4 Å². The maximum absolute atomic E-state index is 13.7. The van der Waals surface area contributed by atoms with E-state index in [2.05, 4.69) is 4.99 Å². The number of nitro benzene ring substituents is 1. The summed E-state index contributed by atoms with van der Waals surface area (Å²) in [6.07, 6.45) is 1.38. The van der Waals surface area contributed by atoms with Crippen molar-refractivity contribution in [2.45, 2.75) is 19.9 Å². The molecule has 0 amide bonds. The van der Waals surface area contributed by atoms with Gasteiger partial charge >= 0.3 is 5.97 Å². The molecule has 1 aromatic heterocycles. The monoisotopic (exact) mass is 511 g/mol. The Morgan fingerprint density at radius 1 is 1.31 bits per heavy atom. The smallest absolute Gasteiger partial charge is 0.338 e. The van der Waals surface area contributed by atoms with Crippen LogP contribution in [0.5, 0.6) is 11.5 Å². The predicted molar refractivity (Wildman–Crippen MR) is 126 cm³/mol. The number of allylic oxidation sites excluding steroid dienone is 1. The Hall–Kier alpha value is -4.32. The molecule has 2 aliphatic rings. The number of carbonyl (C=O) groups is 1. The second kappa shape index (κ2) is 9.04. The Bertz CT molecular complexity index is 1620. The highest BCUT2D eigenvalue weighted by atomic mass is 32.1. The number of nitrogens with zero attached hydrogens (tertiary/aromatic N) is 3. The van der Waals surface area contributed by atoms with Crippen molar-refractivity contribution in [2.75, 3.05) is 13.4 Å². The molecule has 36 heavy (non-hydrogen) atoms. The molecular weight excluding hydrogens is 493 g/mol. The summed E-state index contributed by atoms with van der Waals surface area (Å²) in [6.45, 7) is 3.34. The van der Waals surface area contributed by atoms with Gasteiger partial charge in [0.15, 0.2) is 16.3 Å². The molecule has 5 rings (SSSR count). The number of thiazole rings is 1. The molecule has 12 heteroatoms. The van der Waals surface area contributed by atoms with Crippen LogP contribution in [0.15, 0.2) is 57.5 Å². The lowest BCUT2D eigenvalue weighted by Gasteiger charge is -2.24. The molecule has 0 unspecified atom stereocenters. The van der Waals surface area contributed by atoms with Gasteiger partial charge in [-0.15, -0.1) is 0 Å². The van der Waals surface area contributed by atoms with Gasteiger partial charge in [0.2, 0.25) is 6.79 Å². The predicted octanol–water partition coefficient (Wildman–Crippen LogP) is 2.57. The van der Waals surface area contributed by atoms with Crippen LogP contribution in [0.3, 0.4) is 0 Å². The van der Waals surface area contributed by atoms with E-state index < -0.39 is 28.3 Å². The van der Waals surface area contributed by atoms with Crippen molar-refractivity contribution >= 4 is 29.1 Å². The van der Waals surface area contributed by atoms with Crippen LogP contribution in [0.2, 0.25) is 0 Å². The molecule has 0 radical (unpaired) electrons. The number of ether oxygens (including phenoxy) is 3. The summed E-state index contributed by atoms with van der Waals surface area (Å²) < 4.78 is 30.9. The third-order valence-corrected chi connectivity index (χ3v) is 6.69. The van der Waals surface area contributed by atoms with Gasteiger partial charge in [0, 0.05) is 0 Å². The number of rotatable bonds is 5. The van der Waals surface area contributed by atoms with Crippen LogP contribution in [-0.2, 0) is 9.53 Å². The first-order valence-corrected chi connectivity index (χ1v) is 11.6. The van der Waals surface area contributed by atoms with Crippen LogP contribution in [0.25, 0.3) is 6.08 Å². The molecule has 10 nitrogen and oxygen atoms in total. The molecule has 3 heterocycles. The second-order valence-electron chi connectivity index (χ2n) is 7.88. The standard InChI is InChI=1S/C24H18FN3O7S/c1-3-33-23(30)20-12(2)26-24-27(21(20)13-4-6-15(25)7-5-13)22(29)19(36-24)9-14-8-17-18(35-11-34-17)10-16(14)28(31)32/h4-10,21H,3,11H2,1-2H3/b19-9-/t21-/m0/s1. The molecule has 2 aliphatic heterocycles. The summed E-state index contributed by atoms with van der Waals surface area (Å²) in [5.74, 6) is -0.552. The fourth-order valence-electron chi connectivity index (χ4n) is 4.11. The molecule has 0 N–H and O–H groups in total. The molecule has 2 aromatic carbocycles. The highest BCUT2D eigenvalue weighted by Crippen LogP contribution is 2.38. The third-order valence-electron chi connectivity index (χ3n) is 5.71. The van der Waals surface area contributed by atoms with E-state index in [-0.39, 0.29) is 45.3 Å². The highest BCUT2D eigenvalue weighted by Gasteiger charge is 2.33. The fraction of sp³-hybridized carbons (Fsp3) is 0.208. The molecule has 1 atom stereocenters. The Labute approximate surface area is 206 Å². The molecular formula is C24H18FN3O7S. The van der Waals surface area contributed by atoms with Crippen LogP contribution in [0.1, 0.15) is 31.0 Å². The number of carbonyl (C=O) groups excluding carboxylic acids is 1. The van der Waals surface area contributed by atoms with Gasteiger partial charge in [0.05, 0.1) is 45.0 Å². The Morgan fingerprint density at radius 2 is 2.00 bits per heavy atom. The molecule has 3 aromatic rings. The summed E-state index contributed by atoms with van der Waals surface area (Å²) in [4.78, 5) is 42.3. The van der Waals surface area contributed by atoms with E-state index >= 15 is 0 Å². The minimum atomic E-state index is -0.921. The summed E-state index contributed by atoms with van der Waals surface area (Å²) in [5, 5.41) is 11.7. The summed E-state index contributed by atoms with van der Waals surface area (Å²) in [7, 11) is 0. The van der Waals surface area contributed by atoms with Crippen LogP contribution in [0, 0.1) is 15.9 Å². The van der Waals surface area contributed by atoms with Gasteiger partial charge in [-0.2, -0.15) is 0 Å². The van der Waals surface area contributed by atoms with Crippen molar-refractivity contribution < 1.29 is 28.3 Å². The normalized spacial score (nSPS) is 16.5. The highest BCUT2D eigenvalue weighted by molar-refractivity contribution is 7.07. The minimum Gasteiger partial charge on any atom is -0.463 e. The number of hydrogen-bond acceptors (Lipinski definition) is 9. The molecule has 0 fully saturated rings. The van der Waals surface area contributed by atoms with Gasteiger partial charge in [-0.25, -0.2) is 14.2 Å². The average Bonchev–Trinajstić information content (AvgIpc) is 3.42. The first kappa shape index (κ1) is 23.4. The largest absolute Gasteiger partial charge is 0.463 e. The second-order valence-corrected chi connectivity index (χ2v) is 8.88. The quantitative estimate of drug-likeness (QED) is 0.293. The average molecular weight is 511 g/mol. The molecule has 0 saturated carbocycles. The van der Waals surface area contributed by atoms with E-state index in [0.29, 0.717) is 17.0 Å². The lowest BCUT2D eigenvalue weighted by molar-refractivity contribution is -0.385. The van der Waals surface area contributed by atoms with Gasteiger partial charge < -0.3 is 14.2 Å². The number of halogens is 1. The minimum absolute atomic E-state index is 0.0638. The molecule has 0 bridgehead atoms. The molecule has 0 saturated heterocycles. The Balaban J connectivity index is 1.73. The summed E-state index contributed by atoms with van der Waals surface area (Å²) >= 11 is 1.02. The summed E-state index contributed by atoms with van der Waals surface area (Å²) in [5.41, 5.74) is 0.351. The van der Waals surface area contributed by atoms with E-state index in [1.165, 1.54) is 47.0 Å². The first-order chi connectivity index (χ1) is 17.3. The number of nitro groups is 1. The molecule has 0 aliphatic carbocycles. The zero-order valence-corrected chi connectivity index (χ0v) is 19.8. The van der Waals surface area contributed by atoms with Gasteiger partial charge in [-0.1, -0.05) is 23.5 Å². The zero-order valence-electron chi connectivity index (χ0n) is 19.0. The van der Waals surface area contributed by atoms with Crippen LogP contribution in [0.4, 0.5) is 10.1 Å². The van der Waals surface area contributed by atoms with Crippen LogP contribution >= 0.6 is 11.3 Å². The Kier molecular flexibility index (Phi) is 5.88. The van der Waals surface area contributed by atoms with Crippen molar-refractivity contribution in [2.24, 2.45) is 4.99 Å². The van der Waals surface area contributed by atoms with Gasteiger partial charge in [0.1, 0.15) is 5.82 Å². The van der Waals surface area contributed by atoms with Crippen molar-refractivity contribution in [1.29, 1.82) is 0 Å². The maximum Gasteiger partial charge on any atom is 0.338 e. The lowest BCUT2D eigenvalue weighted by atomic mass is 9.96. The number of aromatic nitrogens is 1. The number of benzene rings is 2. The number of esters is 1. The van der Waals surface area contributed by atoms with Crippen molar-refractivity contribution in [1.82, 2.24) is 4.57 Å². The topological polar surface area (TPSA) is 122 Å². The zero-order chi connectivity index (χ0) is 25.6. The van der Waals surface area contributed by atoms with Gasteiger partial charge in [-0.05, 0) is 43.7 Å². The van der Waals surface area contributed by atoms with Gasteiger partial charge in [0.25, 0.3) is 11.2 Å². The molecule has 0 spiro atoms. The Morgan fingerprint density at radius 3 is 2.67 bits per heavy atom. The van der Waals surface area contributed by atoms with E-state index in [1.54, 1.807) is 13.8 Å². The SMILES string of the molecule is CCOC(=O)C1=C(C)N=c2s/c(=C\c3cc4c(cc3[N+](=O)[O-])OCO4)c(=O)n2[C@H]1c1ccc(F)cc1. The lowest BCUT2D eigenvalue weighted by Crippen LogP contribution is -2.39. The van der Waals surface area contributed by atoms with Gasteiger partial charge in [-0.3, -0.25) is 19.5 Å². The summed E-state index contributed by atoms with van der Waals surface area (Å²) in [6, 6.07) is 7.20. The fourth-order valence-corrected chi connectivity index (χ4v) is 5.15. The van der Waals surface area contributed by atoms with E-state index in [0.717, 1.165) is 11.3 Å². The molecule has 184 valence electrons. The van der Waals surface area contributed by atoms with Crippen molar-refractivity contribution in [3.8, 4) is 11.5 Å². The van der Waals surface area contributed by atoms with Crippen molar-refractivity contribution in [3.63, 3.8) is 0 Å². The van der Waals surface area contributed by atoms with Crippen LogP contribution in [-0.4, -0.2) is 28.9 Å². The van der Waals surface area contributed by atoms with E-state index in [4.69, 9.17) is 14.2 Å². The number of hydrogen-bond donors (Lipinski definition) is 0. The number of fused-ring (bicyclic) bond motifs is 2. The van der Waals surface area contributed by atoms with E-state index in [9.17, 15) is 24.1 Å². The first-order valence-electron chi connectivity index (χ1n) is 10.8. The van der Waals surface area contributed by atoms with E-state index in [1.807, 2.05) is 0 Å². The maximum atomic E-state index is 13.7.